The van der Waals surface area contributed by atoms with Crippen LogP contribution in [0, 0.1) is 5.92 Å². The molecule has 0 aromatic carbocycles. The van der Waals surface area contributed by atoms with E-state index < -0.39 is 9.84 Å². The molecule has 0 spiro atoms. The molecule has 2 fully saturated rings. The van der Waals surface area contributed by atoms with E-state index in [4.69, 9.17) is 0 Å². The maximum atomic E-state index is 11.6. The van der Waals surface area contributed by atoms with Crippen LogP contribution in [0.2, 0.25) is 0 Å². The standard InChI is InChI=1S/C12H24N2O2S/c1-3-17(15,16)9-8-14-7-6-13-10-12(14,2)11-4-5-11/h11,13H,3-10H2,1-2H3. The van der Waals surface area contributed by atoms with Crippen LogP contribution in [0.3, 0.4) is 0 Å². The lowest BCUT2D eigenvalue weighted by molar-refractivity contribution is 0.0622. The highest BCUT2D eigenvalue weighted by Gasteiger charge is 2.46. The molecule has 0 amide bonds. The number of nitrogens with zero attached hydrogens (tertiary/aromatic N) is 1. The summed E-state index contributed by atoms with van der Waals surface area (Å²) in [6.45, 7) is 7.68. The summed E-state index contributed by atoms with van der Waals surface area (Å²) in [5, 5.41) is 3.45. The molecule has 0 radical (unpaired) electrons. The molecule has 1 N–H and O–H groups in total. The van der Waals surface area contributed by atoms with E-state index in [1.54, 1.807) is 6.92 Å². The summed E-state index contributed by atoms with van der Waals surface area (Å²) in [6.07, 6.45) is 2.60. The van der Waals surface area contributed by atoms with Gasteiger partial charge in [-0.1, -0.05) is 6.92 Å². The molecule has 1 unspecified atom stereocenters. The van der Waals surface area contributed by atoms with Gasteiger partial charge in [0, 0.05) is 37.5 Å². The van der Waals surface area contributed by atoms with Crippen molar-refractivity contribution in [2.24, 2.45) is 5.92 Å². The number of nitrogens with one attached hydrogen (secondary N) is 1. The number of hydrogen-bond donors (Lipinski definition) is 1. The van der Waals surface area contributed by atoms with Gasteiger partial charge in [0.1, 0.15) is 0 Å². The normalized spacial score (nSPS) is 31.6. The van der Waals surface area contributed by atoms with Crippen LogP contribution in [-0.2, 0) is 9.84 Å². The Hall–Kier alpha value is -0.130. The van der Waals surface area contributed by atoms with E-state index in [0.29, 0.717) is 12.3 Å². The molecule has 0 aromatic rings. The van der Waals surface area contributed by atoms with E-state index in [-0.39, 0.29) is 11.3 Å². The van der Waals surface area contributed by atoms with Crippen molar-refractivity contribution in [3.8, 4) is 0 Å². The summed E-state index contributed by atoms with van der Waals surface area (Å²) in [6, 6.07) is 0. The quantitative estimate of drug-likeness (QED) is 0.782. The van der Waals surface area contributed by atoms with E-state index in [0.717, 1.165) is 25.6 Å². The molecule has 5 heteroatoms. The van der Waals surface area contributed by atoms with Gasteiger partial charge in [0.2, 0.25) is 0 Å². The average molecular weight is 260 g/mol. The molecule has 2 aliphatic rings. The van der Waals surface area contributed by atoms with Crippen LogP contribution in [0.15, 0.2) is 0 Å². The van der Waals surface area contributed by atoms with Gasteiger partial charge in [0.25, 0.3) is 0 Å². The summed E-state index contributed by atoms with van der Waals surface area (Å²) in [7, 11) is -2.84. The van der Waals surface area contributed by atoms with Gasteiger partial charge in [-0.3, -0.25) is 4.90 Å². The van der Waals surface area contributed by atoms with Crippen molar-refractivity contribution >= 4 is 9.84 Å². The maximum absolute atomic E-state index is 11.6. The van der Waals surface area contributed by atoms with Crippen LogP contribution in [0.4, 0.5) is 0 Å². The monoisotopic (exact) mass is 260 g/mol. The zero-order valence-electron chi connectivity index (χ0n) is 10.9. The Bertz CT molecular complexity index is 365. The largest absolute Gasteiger partial charge is 0.314 e. The Balaban J connectivity index is 1.97. The van der Waals surface area contributed by atoms with Crippen LogP contribution in [-0.4, -0.2) is 56.5 Å². The minimum absolute atomic E-state index is 0.182. The van der Waals surface area contributed by atoms with E-state index in [2.05, 4.69) is 17.1 Å². The van der Waals surface area contributed by atoms with Crippen LogP contribution in [0.1, 0.15) is 26.7 Å². The molecule has 1 saturated carbocycles. The van der Waals surface area contributed by atoms with Gasteiger partial charge in [-0.2, -0.15) is 0 Å². The van der Waals surface area contributed by atoms with Crippen LogP contribution >= 0.6 is 0 Å². The van der Waals surface area contributed by atoms with Gasteiger partial charge in [-0.15, -0.1) is 0 Å². The van der Waals surface area contributed by atoms with E-state index in [1.165, 1.54) is 12.8 Å². The second kappa shape index (κ2) is 4.86. The molecule has 0 aromatic heterocycles. The second-order valence-corrected chi connectivity index (χ2v) is 8.00. The molecule has 4 nitrogen and oxygen atoms in total. The van der Waals surface area contributed by atoms with Gasteiger partial charge < -0.3 is 5.32 Å². The number of rotatable bonds is 5. The zero-order chi connectivity index (χ0) is 12.5. The van der Waals surface area contributed by atoms with Crippen molar-refractivity contribution < 1.29 is 8.42 Å². The third kappa shape index (κ3) is 3.01. The van der Waals surface area contributed by atoms with Crippen molar-refractivity contribution in [3.63, 3.8) is 0 Å². The van der Waals surface area contributed by atoms with Gasteiger partial charge in [-0.25, -0.2) is 8.42 Å². The lowest BCUT2D eigenvalue weighted by Crippen LogP contribution is -2.61. The topological polar surface area (TPSA) is 49.4 Å². The molecule has 1 atom stereocenters. The van der Waals surface area contributed by atoms with Crippen LogP contribution in [0.5, 0.6) is 0 Å². The van der Waals surface area contributed by atoms with Crippen molar-refractivity contribution in [3.05, 3.63) is 0 Å². The average Bonchev–Trinajstić information content (AvgIpc) is 3.12. The first-order chi connectivity index (χ1) is 7.98. The summed E-state index contributed by atoms with van der Waals surface area (Å²) < 4.78 is 23.2. The highest BCUT2D eigenvalue weighted by atomic mass is 32.2. The lowest BCUT2D eigenvalue weighted by atomic mass is 9.91. The van der Waals surface area contributed by atoms with Gasteiger partial charge in [0.15, 0.2) is 9.84 Å². The highest BCUT2D eigenvalue weighted by molar-refractivity contribution is 7.91. The number of hydrogen-bond acceptors (Lipinski definition) is 4. The summed E-state index contributed by atoms with van der Waals surface area (Å²) in [5.41, 5.74) is 0.182. The molecule has 17 heavy (non-hydrogen) atoms. The smallest absolute Gasteiger partial charge is 0.151 e. The first-order valence-corrected chi connectivity index (χ1v) is 8.46. The summed E-state index contributed by atoms with van der Waals surface area (Å²) >= 11 is 0. The SMILES string of the molecule is CCS(=O)(=O)CCN1CCNCC1(C)C1CC1. The van der Waals surface area contributed by atoms with Crippen LogP contribution in [0.25, 0.3) is 0 Å². The molecule has 1 aliphatic carbocycles. The fourth-order valence-corrected chi connectivity index (χ4v) is 3.58. The second-order valence-electron chi connectivity index (χ2n) is 5.53. The fourth-order valence-electron chi connectivity index (χ4n) is 2.79. The molecule has 2 rings (SSSR count). The van der Waals surface area contributed by atoms with E-state index in [9.17, 15) is 8.42 Å². The van der Waals surface area contributed by atoms with E-state index >= 15 is 0 Å². The molecule has 1 aliphatic heterocycles. The number of sulfone groups is 1. The van der Waals surface area contributed by atoms with Crippen molar-refractivity contribution in [2.75, 3.05) is 37.7 Å². The summed E-state index contributed by atoms with van der Waals surface area (Å²) in [5.74, 6) is 1.34. The zero-order valence-corrected chi connectivity index (χ0v) is 11.7. The third-order valence-electron chi connectivity index (χ3n) is 4.33. The minimum atomic E-state index is -2.84. The molecule has 1 saturated heterocycles. The van der Waals surface area contributed by atoms with Gasteiger partial charge in [-0.05, 0) is 25.7 Å². The lowest BCUT2D eigenvalue weighted by Gasteiger charge is -2.45. The fraction of sp³-hybridized carbons (Fsp3) is 1.00. The predicted molar refractivity (Wildman–Crippen MR) is 69.9 cm³/mol. The Morgan fingerprint density at radius 1 is 1.41 bits per heavy atom. The van der Waals surface area contributed by atoms with Crippen molar-refractivity contribution in [2.45, 2.75) is 32.2 Å². The molecule has 100 valence electrons. The summed E-state index contributed by atoms with van der Waals surface area (Å²) in [4.78, 5) is 2.40. The Kier molecular flexibility index (Phi) is 3.80. The number of piperazine rings is 1. The first-order valence-electron chi connectivity index (χ1n) is 6.64. The molecular formula is C12H24N2O2S. The Morgan fingerprint density at radius 3 is 2.71 bits per heavy atom. The first kappa shape index (κ1) is 13.3. The Morgan fingerprint density at radius 2 is 2.12 bits per heavy atom. The predicted octanol–water partition coefficient (Wildman–Crippen LogP) is 0.495. The van der Waals surface area contributed by atoms with Crippen molar-refractivity contribution in [1.29, 1.82) is 0 Å². The molecular weight excluding hydrogens is 236 g/mol. The minimum Gasteiger partial charge on any atom is -0.314 e. The molecule has 1 heterocycles. The van der Waals surface area contributed by atoms with Crippen molar-refractivity contribution in [1.82, 2.24) is 10.2 Å². The van der Waals surface area contributed by atoms with Gasteiger partial charge in [0.05, 0.1) is 5.75 Å². The Labute approximate surface area is 105 Å². The van der Waals surface area contributed by atoms with E-state index in [1.807, 2.05) is 0 Å². The highest BCUT2D eigenvalue weighted by Crippen LogP contribution is 2.43. The molecule has 0 bridgehead atoms. The third-order valence-corrected chi connectivity index (χ3v) is 6.02. The van der Waals surface area contributed by atoms with Gasteiger partial charge >= 0.3 is 0 Å². The maximum Gasteiger partial charge on any atom is 0.151 e. The van der Waals surface area contributed by atoms with Crippen LogP contribution < -0.4 is 5.32 Å².